The van der Waals surface area contributed by atoms with Gasteiger partial charge in [0.25, 0.3) is 5.91 Å². The molecule has 0 bridgehead atoms. The van der Waals surface area contributed by atoms with Crippen LogP contribution in [0.15, 0.2) is 48.5 Å². The van der Waals surface area contributed by atoms with Crippen molar-refractivity contribution in [3.8, 4) is 5.69 Å². The summed E-state index contributed by atoms with van der Waals surface area (Å²) >= 11 is 0. The Morgan fingerprint density at radius 3 is 1.91 bits per heavy atom. The number of halogens is 5. The van der Waals surface area contributed by atoms with Crippen LogP contribution >= 0.6 is 0 Å². The fraction of sp³-hybridized carbons (Fsp3) is 0.238. The molecule has 3 amide bonds. The first-order valence-electron chi connectivity index (χ1n) is 10.0. The number of nitrogens with zero attached hydrogens (tertiary/aromatic N) is 5. The van der Waals surface area contributed by atoms with Crippen molar-refractivity contribution in [2.75, 3.05) is 31.5 Å². The number of anilines is 1. The zero-order valence-electron chi connectivity index (χ0n) is 17.4. The monoisotopic (exact) mass is 480 g/mol. The molecule has 4 rings (SSSR count). The lowest BCUT2D eigenvalue weighted by Crippen LogP contribution is -2.52. The molecule has 0 spiro atoms. The van der Waals surface area contributed by atoms with Gasteiger partial charge in [-0.3, -0.25) is 4.79 Å². The van der Waals surface area contributed by atoms with Crippen molar-refractivity contribution in [1.29, 1.82) is 0 Å². The van der Waals surface area contributed by atoms with Crippen molar-refractivity contribution in [3.63, 3.8) is 0 Å². The van der Waals surface area contributed by atoms with Crippen molar-refractivity contribution in [1.82, 2.24) is 24.8 Å². The van der Waals surface area contributed by atoms with E-state index < -0.39 is 41.1 Å². The van der Waals surface area contributed by atoms with Gasteiger partial charge in [0.2, 0.25) is 0 Å². The molecule has 1 aliphatic heterocycles. The molecule has 0 radical (unpaired) electrons. The lowest BCUT2D eigenvalue weighted by molar-refractivity contribution is -0.143. The average molecular weight is 480 g/mol. The predicted octanol–water partition coefficient (Wildman–Crippen LogP) is 3.55. The summed E-state index contributed by atoms with van der Waals surface area (Å²) in [4.78, 5) is 27.8. The Labute approximate surface area is 189 Å². The normalized spacial score (nSPS) is 14.3. The van der Waals surface area contributed by atoms with Crippen LogP contribution in [-0.2, 0) is 6.18 Å². The van der Waals surface area contributed by atoms with Gasteiger partial charge in [0, 0.05) is 31.9 Å². The molecule has 2 aromatic carbocycles. The van der Waals surface area contributed by atoms with E-state index in [0.717, 1.165) is 29.2 Å². The Morgan fingerprint density at radius 2 is 1.35 bits per heavy atom. The first-order chi connectivity index (χ1) is 16.1. The number of carbonyl (C=O) groups is 2. The highest BCUT2D eigenvalue weighted by Crippen LogP contribution is 2.33. The highest BCUT2D eigenvalue weighted by Gasteiger charge is 2.43. The van der Waals surface area contributed by atoms with Gasteiger partial charge in [-0.05, 0) is 48.5 Å². The minimum Gasteiger partial charge on any atom is -0.334 e. The summed E-state index contributed by atoms with van der Waals surface area (Å²) < 4.78 is 68.0. The predicted molar refractivity (Wildman–Crippen MR) is 109 cm³/mol. The number of urea groups is 1. The number of hydrogen-bond donors (Lipinski definition) is 1. The van der Waals surface area contributed by atoms with Crippen molar-refractivity contribution < 1.29 is 31.5 Å². The Kier molecular flexibility index (Phi) is 6.18. The minimum absolute atomic E-state index is 0.0314. The molecular formula is C21H17F5N6O2. The Balaban J connectivity index is 1.47. The van der Waals surface area contributed by atoms with Crippen molar-refractivity contribution in [2.24, 2.45) is 0 Å². The van der Waals surface area contributed by atoms with Crippen LogP contribution in [0.1, 0.15) is 16.2 Å². The molecule has 0 aliphatic carbocycles. The number of alkyl halides is 3. The van der Waals surface area contributed by atoms with E-state index in [2.05, 4.69) is 15.6 Å². The minimum atomic E-state index is -4.96. The van der Waals surface area contributed by atoms with Crippen LogP contribution in [0.4, 0.5) is 32.4 Å². The first kappa shape index (κ1) is 23.1. The van der Waals surface area contributed by atoms with Gasteiger partial charge in [-0.2, -0.15) is 13.2 Å². The summed E-state index contributed by atoms with van der Waals surface area (Å²) in [6.07, 6.45) is -4.96. The third kappa shape index (κ3) is 4.82. The molecule has 1 fully saturated rings. The zero-order valence-corrected chi connectivity index (χ0v) is 17.4. The second-order valence-corrected chi connectivity index (χ2v) is 7.39. The fourth-order valence-corrected chi connectivity index (χ4v) is 3.44. The number of carbonyl (C=O) groups excluding carboxylic acids is 2. The third-order valence-electron chi connectivity index (χ3n) is 5.16. The van der Waals surface area contributed by atoms with Crippen LogP contribution in [0.2, 0.25) is 0 Å². The summed E-state index contributed by atoms with van der Waals surface area (Å²) in [6, 6.07) is 8.76. The summed E-state index contributed by atoms with van der Waals surface area (Å²) in [5.41, 5.74) is -2.00. The number of hydrogen-bond acceptors (Lipinski definition) is 4. The number of aromatic nitrogens is 3. The molecule has 0 unspecified atom stereocenters. The smallest absolute Gasteiger partial charge is 0.334 e. The quantitative estimate of drug-likeness (QED) is 0.582. The molecule has 0 atom stereocenters. The maximum Gasteiger partial charge on any atom is 0.435 e. The summed E-state index contributed by atoms with van der Waals surface area (Å²) in [5, 5.41) is 9.51. The number of nitrogens with one attached hydrogen (secondary N) is 1. The molecule has 13 heteroatoms. The Hall–Kier alpha value is -4.03. The molecule has 34 heavy (non-hydrogen) atoms. The summed E-state index contributed by atoms with van der Waals surface area (Å²) in [7, 11) is 0. The van der Waals surface area contributed by atoms with Gasteiger partial charge in [-0.15, -0.1) is 5.10 Å². The average Bonchev–Trinajstić information content (AvgIpc) is 3.26. The molecule has 1 N–H and O–H groups in total. The topological polar surface area (TPSA) is 83.4 Å². The van der Waals surface area contributed by atoms with Crippen LogP contribution in [0, 0.1) is 11.6 Å². The standard InChI is InChI=1S/C21H17F5N6O2/c22-13-1-5-15(6-2-13)27-20(34)31-11-9-30(10-12-31)19(33)17-18(21(24,25)26)32(29-28-17)16-7-3-14(23)4-8-16/h1-8H,9-12H2,(H,27,34). The molecule has 2 heterocycles. The molecule has 178 valence electrons. The van der Waals surface area contributed by atoms with E-state index in [1.807, 2.05) is 0 Å². The van der Waals surface area contributed by atoms with Crippen molar-refractivity contribution in [3.05, 3.63) is 71.6 Å². The van der Waals surface area contributed by atoms with Gasteiger partial charge >= 0.3 is 12.2 Å². The summed E-state index contributed by atoms with van der Waals surface area (Å²) in [6.45, 7) is 0.0607. The lowest BCUT2D eigenvalue weighted by Gasteiger charge is -2.34. The van der Waals surface area contributed by atoms with Crippen molar-refractivity contribution in [2.45, 2.75) is 6.18 Å². The van der Waals surface area contributed by atoms with Gasteiger partial charge in [-0.1, -0.05) is 5.21 Å². The second kappa shape index (κ2) is 9.08. The van der Waals surface area contributed by atoms with Gasteiger partial charge in [0.15, 0.2) is 11.4 Å². The van der Waals surface area contributed by atoms with E-state index in [0.29, 0.717) is 10.4 Å². The second-order valence-electron chi connectivity index (χ2n) is 7.39. The van der Waals surface area contributed by atoms with Crippen LogP contribution < -0.4 is 5.32 Å². The van der Waals surface area contributed by atoms with E-state index in [1.165, 1.54) is 29.2 Å². The third-order valence-corrected chi connectivity index (χ3v) is 5.16. The Morgan fingerprint density at radius 1 is 0.824 bits per heavy atom. The number of rotatable bonds is 3. The van der Waals surface area contributed by atoms with Crippen LogP contribution in [-0.4, -0.2) is 62.9 Å². The van der Waals surface area contributed by atoms with Gasteiger partial charge in [-0.25, -0.2) is 18.3 Å². The molecule has 3 aromatic rings. The van der Waals surface area contributed by atoms with E-state index in [1.54, 1.807) is 0 Å². The first-order valence-corrected chi connectivity index (χ1v) is 10.0. The molecule has 0 saturated carbocycles. The highest BCUT2D eigenvalue weighted by atomic mass is 19.4. The zero-order chi connectivity index (χ0) is 24.5. The number of benzene rings is 2. The van der Waals surface area contributed by atoms with Crippen LogP contribution in [0.3, 0.4) is 0 Å². The molecular weight excluding hydrogens is 463 g/mol. The number of amides is 3. The van der Waals surface area contributed by atoms with E-state index in [9.17, 15) is 31.5 Å². The highest BCUT2D eigenvalue weighted by molar-refractivity contribution is 5.94. The van der Waals surface area contributed by atoms with E-state index >= 15 is 0 Å². The Bertz CT molecular complexity index is 1190. The molecule has 1 aliphatic rings. The van der Waals surface area contributed by atoms with E-state index in [4.69, 9.17) is 0 Å². The molecule has 1 saturated heterocycles. The van der Waals surface area contributed by atoms with Crippen LogP contribution in [0.5, 0.6) is 0 Å². The maximum atomic E-state index is 13.8. The van der Waals surface area contributed by atoms with Gasteiger partial charge in [0.05, 0.1) is 5.69 Å². The van der Waals surface area contributed by atoms with Crippen molar-refractivity contribution >= 4 is 17.6 Å². The van der Waals surface area contributed by atoms with Gasteiger partial charge < -0.3 is 15.1 Å². The lowest BCUT2D eigenvalue weighted by atomic mass is 10.2. The largest absolute Gasteiger partial charge is 0.435 e. The van der Waals surface area contributed by atoms with Gasteiger partial charge in [0.1, 0.15) is 11.6 Å². The SMILES string of the molecule is O=C(Nc1ccc(F)cc1)N1CCN(C(=O)c2nnn(-c3ccc(F)cc3)c2C(F)(F)F)CC1. The fourth-order valence-electron chi connectivity index (χ4n) is 3.44. The maximum absolute atomic E-state index is 13.8. The van der Waals surface area contributed by atoms with Crippen LogP contribution in [0.25, 0.3) is 5.69 Å². The number of piperazine rings is 1. The molecule has 1 aromatic heterocycles. The van der Waals surface area contributed by atoms with E-state index in [-0.39, 0.29) is 31.9 Å². The molecule has 8 nitrogen and oxygen atoms in total. The summed E-state index contributed by atoms with van der Waals surface area (Å²) in [5.74, 6) is -2.09.